The Labute approximate surface area is 188 Å². The zero-order valence-corrected chi connectivity index (χ0v) is 19.1. The average molecular weight is 451 g/mol. The van der Waals surface area contributed by atoms with Gasteiger partial charge in [-0.1, -0.05) is 53.8 Å². The molecule has 1 aliphatic heterocycles. The molecule has 1 unspecified atom stereocenters. The first-order chi connectivity index (χ1) is 15.0. The van der Waals surface area contributed by atoms with Crippen molar-refractivity contribution in [1.29, 1.82) is 0 Å². The number of hydrogen-bond donors (Lipinski definition) is 0. The van der Waals surface area contributed by atoms with Gasteiger partial charge < -0.3 is 4.74 Å². The third-order valence-corrected chi connectivity index (χ3v) is 6.77. The minimum atomic E-state index is -0.572. The summed E-state index contributed by atoms with van der Waals surface area (Å²) in [5, 5.41) is 0. The topological polar surface area (TPSA) is 60.7 Å². The van der Waals surface area contributed by atoms with Gasteiger partial charge in [-0.2, -0.15) is 0 Å². The lowest BCUT2D eigenvalue weighted by molar-refractivity contribution is -0.139. The first-order valence-corrected chi connectivity index (χ1v) is 12.0. The highest BCUT2D eigenvalue weighted by atomic mass is 32.2. The molecule has 0 saturated heterocycles. The molecule has 3 aromatic rings. The highest BCUT2D eigenvalue weighted by Crippen LogP contribution is 2.30. The van der Waals surface area contributed by atoms with Crippen molar-refractivity contribution in [3.63, 3.8) is 0 Å². The van der Waals surface area contributed by atoms with Gasteiger partial charge in [0.15, 0.2) is 4.80 Å². The van der Waals surface area contributed by atoms with Crippen LogP contribution in [0.4, 0.5) is 0 Å². The SMILES string of the molecule is CCOC(=O)C1=C(C)N=c2s/c(=C\c3ccc(SC)cc3)c(=O)n2C1c1ccccc1. The van der Waals surface area contributed by atoms with E-state index < -0.39 is 12.0 Å². The number of benzene rings is 2. The molecule has 0 spiro atoms. The van der Waals surface area contributed by atoms with E-state index in [2.05, 4.69) is 4.99 Å². The van der Waals surface area contributed by atoms with Crippen LogP contribution in [-0.2, 0) is 9.53 Å². The Hall–Kier alpha value is -2.90. The van der Waals surface area contributed by atoms with Gasteiger partial charge in [-0.25, -0.2) is 9.79 Å². The van der Waals surface area contributed by atoms with Gasteiger partial charge in [0, 0.05) is 4.90 Å². The Bertz CT molecular complexity index is 1320. The highest BCUT2D eigenvalue weighted by molar-refractivity contribution is 7.98. The molecular weight excluding hydrogens is 428 g/mol. The normalized spacial score (nSPS) is 16.1. The lowest BCUT2D eigenvalue weighted by Gasteiger charge is -2.24. The van der Waals surface area contributed by atoms with Crippen molar-refractivity contribution in [2.24, 2.45) is 4.99 Å². The van der Waals surface area contributed by atoms with Gasteiger partial charge in [0.05, 0.1) is 28.5 Å². The Morgan fingerprint density at radius 3 is 2.55 bits per heavy atom. The Balaban J connectivity index is 1.91. The molecule has 1 aromatic heterocycles. The van der Waals surface area contributed by atoms with E-state index in [-0.39, 0.29) is 12.2 Å². The number of fused-ring (bicyclic) bond motifs is 1. The van der Waals surface area contributed by atoms with Gasteiger partial charge in [0.2, 0.25) is 0 Å². The van der Waals surface area contributed by atoms with E-state index in [1.807, 2.05) is 66.9 Å². The fourth-order valence-electron chi connectivity index (χ4n) is 3.59. The Morgan fingerprint density at radius 2 is 1.90 bits per heavy atom. The summed E-state index contributed by atoms with van der Waals surface area (Å²) in [5.74, 6) is -0.445. The van der Waals surface area contributed by atoms with Crippen LogP contribution >= 0.6 is 23.1 Å². The molecule has 1 atom stereocenters. The lowest BCUT2D eigenvalue weighted by atomic mass is 9.96. The summed E-state index contributed by atoms with van der Waals surface area (Å²) in [4.78, 5) is 32.6. The van der Waals surface area contributed by atoms with Crippen molar-refractivity contribution in [3.8, 4) is 0 Å². The number of thiazole rings is 1. The van der Waals surface area contributed by atoms with Crippen molar-refractivity contribution < 1.29 is 9.53 Å². The molecule has 0 N–H and O–H groups in total. The molecule has 0 amide bonds. The second kappa shape index (κ2) is 9.08. The number of thioether (sulfide) groups is 1. The molecule has 5 nitrogen and oxygen atoms in total. The van der Waals surface area contributed by atoms with Gasteiger partial charge in [0.1, 0.15) is 0 Å². The molecule has 0 bridgehead atoms. The van der Waals surface area contributed by atoms with Gasteiger partial charge in [-0.15, -0.1) is 11.8 Å². The van der Waals surface area contributed by atoms with Crippen LogP contribution in [0.1, 0.15) is 31.0 Å². The first-order valence-electron chi connectivity index (χ1n) is 9.92. The van der Waals surface area contributed by atoms with Gasteiger partial charge in [-0.3, -0.25) is 9.36 Å². The van der Waals surface area contributed by atoms with Crippen molar-refractivity contribution in [2.75, 3.05) is 12.9 Å². The predicted molar refractivity (Wildman–Crippen MR) is 125 cm³/mol. The molecule has 0 aliphatic carbocycles. The van der Waals surface area contributed by atoms with E-state index in [4.69, 9.17) is 4.74 Å². The number of nitrogens with zero attached hydrogens (tertiary/aromatic N) is 2. The third-order valence-electron chi connectivity index (χ3n) is 5.05. The van der Waals surface area contributed by atoms with Gasteiger partial charge in [-0.05, 0) is 49.4 Å². The molecule has 4 rings (SSSR count). The van der Waals surface area contributed by atoms with Crippen LogP contribution in [0.15, 0.2) is 80.5 Å². The van der Waals surface area contributed by atoms with Crippen LogP contribution < -0.4 is 14.9 Å². The van der Waals surface area contributed by atoms with Crippen molar-refractivity contribution >= 4 is 35.1 Å². The van der Waals surface area contributed by atoms with Crippen LogP contribution in [0.25, 0.3) is 6.08 Å². The molecule has 158 valence electrons. The minimum Gasteiger partial charge on any atom is -0.463 e. The van der Waals surface area contributed by atoms with E-state index in [1.165, 1.54) is 11.3 Å². The number of aromatic nitrogens is 1. The number of carbonyl (C=O) groups excluding carboxylic acids is 1. The Morgan fingerprint density at radius 1 is 1.19 bits per heavy atom. The zero-order valence-electron chi connectivity index (χ0n) is 17.5. The summed E-state index contributed by atoms with van der Waals surface area (Å²) in [6.07, 6.45) is 3.90. The maximum atomic E-state index is 13.5. The standard InChI is InChI=1S/C24H22N2O3S2/c1-4-29-23(28)20-15(2)25-24-26(21(20)17-8-6-5-7-9-17)22(27)19(31-24)14-16-10-12-18(30-3)13-11-16/h5-14,21H,4H2,1-3H3/b19-14-. The molecule has 2 aromatic carbocycles. The fourth-order valence-corrected chi connectivity index (χ4v) is 5.05. The van der Waals surface area contributed by atoms with E-state index in [9.17, 15) is 9.59 Å². The summed E-state index contributed by atoms with van der Waals surface area (Å²) in [5.41, 5.74) is 2.60. The summed E-state index contributed by atoms with van der Waals surface area (Å²) in [6, 6.07) is 17.0. The third kappa shape index (κ3) is 4.16. The molecule has 0 saturated carbocycles. The van der Waals surface area contributed by atoms with Crippen LogP contribution in [0.5, 0.6) is 0 Å². The number of allylic oxidation sites excluding steroid dienone is 1. The van der Waals surface area contributed by atoms with Crippen molar-refractivity contribution in [2.45, 2.75) is 24.8 Å². The summed E-state index contributed by atoms with van der Waals surface area (Å²) in [7, 11) is 0. The minimum absolute atomic E-state index is 0.166. The van der Waals surface area contributed by atoms with E-state index >= 15 is 0 Å². The molecule has 2 heterocycles. The van der Waals surface area contributed by atoms with Gasteiger partial charge in [0.25, 0.3) is 5.56 Å². The smallest absolute Gasteiger partial charge is 0.338 e. The summed E-state index contributed by atoms with van der Waals surface area (Å²) in [6.45, 7) is 3.82. The molecule has 31 heavy (non-hydrogen) atoms. The van der Waals surface area contributed by atoms with Gasteiger partial charge >= 0.3 is 5.97 Å². The molecule has 0 radical (unpaired) electrons. The maximum absolute atomic E-state index is 13.5. The average Bonchev–Trinajstić information content (AvgIpc) is 3.08. The van der Waals surface area contributed by atoms with Crippen molar-refractivity contribution in [1.82, 2.24) is 4.57 Å². The van der Waals surface area contributed by atoms with E-state index in [0.717, 1.165) is 16.0 Å². The molecule has 0 fully saturated rings. The number of hydrogen-bond acceptors (Lipinski definition) is 6. The largest absolute Gasteiger partial charge is 0.463 e. The zero-order chi connectivity index (χ0) is 22.0. The number of esters is 1. The van der Waals surface area contributed by atoms with E-state index in [1.54, 1.807) is 30.2 Å². The van der Waals surface area contributed by atoms with Crippen LogP contribution in [0.2, 0.25) is 0 Å². The molecule has 1 aliphatic rings. The number of ether oxygens (including phenoxy) is 1. The van der Waals surface area contributed by atoms with Crippen LogP contribution in [0.3, 0.4) is 0 Å². The number of carbonyl (C=O) groups is 1. The fraction of sp³-hybridized carbons (Fsp3) is 0.208. The lowest BCUT2D eigenvalue weighted by Crippen LogP contribution is -2.39. The summed E-state index contributed by atoms with van der Waals surface area (Å²) < 4.78 is 7.49. The highest BCUT2D eigenvalue weighted by Gasteiger charge is 2.33. The second-order valence-electron chi connectivity index (χ2n) is 6.99. The van der Waals surface area contributed by atoms with E-state index in [0.29, 0.717) is 20.6 Å². The quantitative estimate of drug-likeness (QED) is 0.441. The predicted octanol–water partition coefficient (Wildman–Crippen LogP) is 3.52. The van der Waals surface area contributed by atoms with Crippen LogP contribution in [0, 0.1) is 0 Å². The van der Waals surface area contributed by atoms with Crippen LogP contribution in [-0.4, -0.2) is 23.4 Å². The summed E-state index contributed by atoms with van der Waals surface area (Å²) >= 11 is 3.01. The second-order valence-corrected chi connectivity index (χ2v) is 8.87. The molecular formula is C24H22N2O3S2. The monoisotopic (exact) mass is 450 g/mol. The molecule has 7 heteroatoms. The first kappa shape index (κ1) is 21.3. The maximum Gasteiger partial charge on any atom is 0.338 e. The number of rotatable bonds is 5. The Kier molecular flexibility index (Phi) is 6.25. The van der Waals surface area contributed by atoms with Crippen molar-refractivity contribution in [3.05, 3.63) is 96.7 Å².